The van der Waals surface area contributed by atoms with E-state index in [1.165, 1.54) is 0 Å². The van der Waals surface area contributed by atoms with E-state index in [-0.39, 0.29) is 13.2 Å². The topological polar surface area (TPSA) is 21.3 Å². The number of benzene rings is 1. The van der Waals surface area contributed by atoms with E-state index < -0.39 is 6.36 Å². The minimum absolute atomic E-state index is 0.132. The Morgan fingerprint density at radius 3 is 2.69 bits per heavy atom. The second-order valence-corrected chi connectivity index (χ2v) is 3.27. The smallest absolute Gasteiger partial charge is 0.383 e. The second kappa shape index (κ2) is 5.75. The van der Waals surface area contributed by atoms with Gasteiger partial charge < -0.3 is 5.32 Å². The van der Waals surface area contributed by atoms with Crippen LogP contribution in [0.25, 0.3) is 0 Å². The first-order chi connectivity index (χ1) is 7.51. The molecular weight excluding hydrogens is 219 g/mol. The zero-order valence-electron chi connectivity index (χ0n) is 8.97. The summed E-state index contributed by atoms with van der Waals surface area (Å²) in [5, 5.41) is 2.87. The molecule has 0 unspecified atom stereocenters. The average molecular weight is 233 g/mol. The first-order valence-corrected chi connectivity index (χ1v) is 5.05. The number of ether oxygens (including phenoxy) is 1. The average Bonchev–Trinajstić information content (AvgIpc) is 2.23. The van der Waals surface area contributed by atoms with Crippen molar-refractivity contribution in [3.05, 3.63) is 29.8 Å². The lowest BCUT2D eigenvalue weighted by molar-refractivity contribution is -0.322. The number of hydrogen-bond acceptors (Lipinski definition) is 2. The molecule has 0 heterocycles. The van der Waals surface area contributed by atoms with Gasteiger partial charge in [-0.25, -0.2) is 0 Å². The molecule has 0 saturated heterocycles. The van der Waals surface area contributed by atoms with Crippen molar-refractivity contribution in [3.63, 3.8) is 0 Å². The Kier molecular flexibility index (Phi) is 4.61. The van der Waals surface area contributed by atoms with Gasteiger partial charge in [0.25, 0.3) is 0 Å². The van der Waals surface area contributed by atoms with Crippen molar-refractivity contribution in [3.8, 4) is 0 Å². The number of anilines is 1. The van der Waals surface area contributed by atoms with E-state index in [1.54, 1.807) is 0 Å². The van der Waals surface area contributed by atoms with E-state index in [2.05, 4.69) is 10.1 Å². The number of aryl methyl sites for hydroxylation is 1. The summed E-state index contributed by atoms with van der Waals surface area (Å²) in [7, 11) is 0. The van der Waals surface area contributed by atoms with Gasteiger partial charge in [0, 0.05) is 12.2 Å². The standard InChI is InChI=1S/C11H14F3NO/c1-2-9-4-3-5-10(8-9)15-6-7-16-11(12,13)14/h3-5,8,15H,2,6-7H2,1H3. The predicted molar refractivity (Wildman–Crippen MR) is 56.3 cm³/mol. The van der Waals surface area contributed by atoms with Gasteiger partial charge in [-0.3, -0.25) is 4.74 Å². The molecule has 0 aliphatic heterocycles. The van der Waals surface area contributed by atoms with Gasteiger partial charge in [0.05, 0.1) is 6.61 Å². The summed E-state index contributed by atoms with van der Waals surface area (Å²) >= 11 is 0. The molecule has 0 fully saturated rings. The molecule has 0 saturated carbocycles. The van der Waals surface area contributed by atoms with Gasteiger partial charge in [0.1, 0.15) is 0 Å². The van der Waals surface area contributed by atoms with Crippen LogP contribution in [-0.2, 0) is 11.2 Å². The SMILES string of the molecule is CCc1cccc(NCCOC(F)(F)F)c1. The molecule has 1 aromatic carbocycles. The van der Waals surface area contributed by atoms with E-state index in [9.17, 15) is 13.2 Å². The van der Waals surface area contributed by atoms with Crippen molar-refractivity contribution in [2.45, 2.75) is 19.7 Å². The van der Waals surface area contributed by atoms with E-state index in [1.807, 2.05) is 31.2 Å². The number of hydrogen-bond donors (Lipinski definition) is 1. The maximum atomic E-state index is 11.7. The van der Waals surface area contributed by atoms with E-state index in [0.717, 1.165) is 17.7 Å². The monoisotopic (exact) mass is 233 g/mol. The number of nitrogens with one attached hydrogen (secondary N) is 1. The highest BCUT2D eigenvalue weighted by Gasteiger charge is 2.28. The predicted octanol–water partition coefficient (Wildman–Crippen LogP) is 3.20. The number of rotatable bonds is 5. The molecule has 16 heavy (non-hydrogen) atoms. The largest absolute Gasteiger partial charge is 0.522 e. The van der Waals surface area contributed by atoms with Gasteiger partial charge in [-0.15, -0.1) is 13.2 Å². The molecule has 0 radical (unpaired) electrons. The highest BCUT2D eigenvalue weighted by Crippen LogP contribution is 2.16. The molecule has 0 aromatic heterocycles. The van der Waals surface area contributed by atoms with Crippen LogP contribution >= 0.6 is 0 Å². The molecule has 0 bridgehead atoms. The highest BCUT2D eigenvalue weighted by atomic mass is 19.4. The zero-order chi connectivity index (χ0) is 12.0. The fourth-order valence-corrected chi connectivity index (χ4v) is 1.26. The summed E-state index contributed by atoms with van der Waals surface area (Å²) in [6.45, 7) is 1.76. The molecule has 0 spiro atoms. The molecule has 5 heteroatoms. The van der Waals surface area contributed by atoms with Gasteiger partial charge in [-0.05, 0) is 24.1 Å². The van der Waals surface area contributed by atoms with Crippen molar-refractivity contribution < 1.29 is 17.9 Å². The van der Waals surface area contributed by atoms with E-state index >= 15 is 0 Å². The quantitative estimate of drug-likeness (QED) is 0.788. The maximum absolute atomic E-state index is 11.7. The Labute approximate surface area is 92.4 Å². The number of alkyl halides is 3. The van der Waals surface area contributed by atoms with Gasteiger partial charge in [-0.1, -0.05) is 19.1 Å². The summed E-state index contributed by atoms with van der Waals surface area (Å²) in [4.78, 5) is 0. The van der Waals surface area contributed by atoms with Gasteiger partial charge in [0.15, 0.2) is 0 Å². The van der Waals surface area contributed by atoms with Crippen LogP contribution in [0.2, 0.25) is 0 Å². The zero-order valence-corrected chi connectivity index (χ0v) is 8.97. The van der Waals surface area contributed by atoms with Crippen molar-refractivity contribution in [2.24, 2.45) is 0 Å². The summed E-state index contributed by atoms with van der Waals surface area (Å²) in [6, 6.07) is 7.56. The van der Waals surface area contributed by atoms with Gasteiger partial charge in [-0.2, -0.15) is 0 Å². The Morgan fingerprint density at radius 1 is 1.31 bits per heavy atom. The fourth-order valence-electron chi connectivity index (χ4n) is 1.26. The third-order valence-corrected chi connectivity index (χ3v) is 2.03. The fraction of sp³-hybridized carbons (Fsp3) is 0.455. The lowest BCUT2D eigenvalue weighted by Crippen LogP contribution is -2.19. The van der Waals surface area contributed by atoms with Crippen LogP contribution in [0.5, 0.6) is 0 Å². The minimum atomic E-state index is -4.55. The summed E-state index contributed by atoms with van der Waals surface area (Å²) in [5.41, 5.74) is 1.95. The van der Waals surface area contributed by atoms with Crippen LogP contribution in [0.15, 0.2) is 24.3 Å². The lowest BCUT2D eigenvalue weighted by Gasteiger charge is -2.09. The van der Waals surface area contributed by atoms with Crippen molar-refractivity contribution in [2.75, 3.05) is 18.5 Å². The van der Waals surface area contributed by atoms with Crippen molar-refractivity contribution in [1.29, 1.82) is 0 Å². The summed E-state index contributed by atoms with van der Waals surface area (Å²) < 4.78 is 38.6. The molecule has 1 aromatic rings. The van der Waals surface area contributed by atoms with Crippen molar-refractivity contribution >= 4 is 5.69 Å². The summed E-state index contributed by atoms with van der Waals surface area (Å²) in [6.07, 6.45) is -3.65. The highest BCUT2D eigenvalue weighted by molar-refractivity contribution is 5.45. The van der Waals surface area contributed by atoms with Crippen LogP contribution in [0.4, 0.5) is 18.9 Å². The van der Waals surface area contributed by atoms with Crippen molar-refractivity contribution in [1.82, 2.24) is 0 Å². The van der Waals surface area contributed by atoms with Gasteiger partial charge >= 0.3 is 6.36 Å². The minimum Gasteiger partial charge on any atom is -0.383 e. The van der Waals surface area contributed by atoms with Gasteiger partial charge in [0.2, 0.25) is 0 Å². The number of halogens is 3. The first kappa shape index (κ1) is 12.8. The molecule has 90 valence electrons. The lowest BCUT2D eigenvalue weighted by atomic mass is 10.1. The molecule has 1 N–H and O–H groups in total. The molecule has 1 rings (SSSR count). The molecule has 0 aliphatic carbocycles. The Balaban J connectivity index is 2.32. The van der Waals surface area contributed by atoms with Crippen LogP contribution < -0.4 is 5.32 Å². The van der Waals surface area contributed by atoms with E-state index in [0.29, 0.717) is 0 Å². The summed E-state index contributed by atoms with van der Waals surface area (Å²) in [5.74, 6) is 0. The van der Waals surface area contributed by atoms with Crippen LogP contribution in [-0.4, -0.2) is 19.5 Å². The third-order valence-electron chi connectivity index (χ3n) is 2.03. The maximum Gasteiger partial charge on any atom is 0.522 e. The Morgan fingerprint density at radius 2 is 2.06 bits per heavy atom. The first-order valence-electron chi connectivity index (χ1n) is 5.05. The van der Waals surface area contributed by atoms with Crippen LogP contribution in [0.3, 0.4) is 0 Å². The second-order valence-electron chi connectivity index (χ2n) is 3.27. The molecular formula is C11H14F3NO. The third kappa shape index (κ3) is 5.02. The Hall–Kier alpha value is -1.23. The molecule has 0 amide bonds. The van der Waals surface area contributed by atoms with E-state index in [4.69, 9.17) is 0 Å². The molecule has 2 nitrogen and oxygen atoms in total. The molecule has 0 aliphatic rings. The normalized spacial score (nSPS) is 11.5. The van der Waals surface area contributed by atoms with Crippen LogP contribution in [0.1, 0.15) is 12.5 Å². The molecule has 0 atom stereocenters. The van der Waals surface area contributed by atoms with Crippen LogP contribution in [0, 0.1) is 0 Å². The Bertz CT molecular complexity index is 325.